The summed E-state index contributed by atoms with van der Waals surface area (Å²) in [6.45, 7) is 9.21. The van der Waals surface area contributed by atoms with Gasteiger partial charge in [0.25, 0.3) is 0 Å². The zero-order chi connectivity index (χ0) is 14.8. The Morgan fingerprint density at radius 2 is 1.10 bits per heavy atom. The van der Waals surface area contributed by atoms with Crippen molar-refractivity contribution in [2.45, 2.75) is 66.2 Å². The highest BCUT2D eigenvalue weighted by molar-refractivity contribution is 7.82. The van der Waals surface area contributed by atoms with Crippen LogP contribution in [0.1, 0.15) is 64.9 Å². The summed E-state index contributed by atoms with van der Waals surface area (Å²) < 4.78 is 0. The van der Waals surface area contributed by atoms with Crippen molar-refractivity contribution in [2.24, 2.45) is 0 Å². The van der Waals surface area contributed by atoms with Gasteiger partial charge in [0.05, 0.1) is 23.8 Å². The second kappa shape index (κ2) is 9.56. The quantitative estimate of drug-likeness (QED) is 0.461. The van der Waals surface area contributed by atoms with Crippen molar-refractivity contribution in [3.8, 4) is 0 Å². The van der Waals surface area contributed by atoms with Gasteiger partial charge in [0.1, 0.15) is 0 Å². The molecule has 0 saturated heterocycles. The summed E-state index contributed by atoms with van der Waals surface area (Å²) in [4.78, 5) is 0. The van der Waals surface area contributed by atoms with Gasteiger partial charge in [-0.15, -0.1) is 0 Å². The van der Waals surface area contributed by atoms with E-state index in [2.05, 4.69) is 52.0 Å². The molecule has 0 unspecified atom stereocenters. The molecule has 0 atom stereocenters. The third kappa shape index (κ3) is 5.21. The Kier molecular flexibility index (Phi) is 8.46. The number of hydrogen-bond donors (Lipinski definition) is 0. The molecule has 0 heterocycles. The lowest BCUT2D eigenvalue weighted by Crippen LogP contribution is -2.21. The average Bonchev–Trinajstić information content (AvgIpc) is 2.48. The second-order valence-corrected chi connectivity index (χ2v) is 10.4. The van der Waals surface area contributed by atoms with Crippen LogP contribution in [0.4, 0.5) is 0 Å². The minimum atomic E-state index is -0.918. The van der Waals surface area contributed by atoms with Gasteiger partial charge in [-0.1, -0.05) is 57.7 Å². The first kappa shape index (κ1) is 17.7. The molecule has 1 rings (SSSR count). The molecule has 1 aromatic carbocycles. The lowest BCUT2D eigenvalue weighted by atomic mass is 10.2. The molecule has 1 heteroatoms. The first-order valence-electron chi connectivity index (χ1n) is 8.61. The smallest absolute Gasteiger partial charge is 0.0652 e. The Morgan fingerprint density at radius 1 is 0.700 bits per heavy atom. The highest BCUT2D eigenvalue weighted by Gasteiger charge is 2.37. The Labute approximate surface area is 127 Å². The largest absolute Gasteiger partial charge is 0.0939 e. The van der Waals surface area contributed by atoms with E-state index in [1.54, 1.807) is 5.30 Å². The molecule has 0 amide bonds. The van der Waals surface area contributed by atoms with Crippen LogP contribution in [-0.2, 0) is 0 Å². The lowest BCUT2D eigenvalue weighted by Gasteiger charge is -2.28. The summed E-state index contributed by atoms with van der Waals surface area (Å²) in [5.74, 6) is 0. The van der Waals surface area contributed by atoms with Gasteiger partial charge in [0.15, 0.2) is 0 Å². The van der Waals surface area contributed by atoms with Crippen LogP contribution in [0.3, 0.4) is 0 Å². The third-order valence-corrected chi connectivity index (χ3v) is 9.31. The van der Waals surface area contributed by atoms with E-state index in [1.807, 2.05) is 0 Å². The molecule has 0 aliphatic carbocycles. The van der Waals surface area contributed by atoms with Crippen LogP contribution in [-0.4, -0.2) is 18.5 Å². The molecule has 0 aliphatic heterocycles. The topological polar surface area (TPSA) is 0 Å². The van der Waals surface area contributed by atoms with E-state index in [-0.39, 0.29) is 0 Å². The van der Waals surface area contributed by atoms with E-state index in [1.165, 1.54) is 62.6 Å². The average molecular weight is 293 g/mol. The normalized spacial score (nSPS) is 11.8. The Hall–Kier alpha value is -0.350. The van der Waals surface area contributed by atoms with Gasteiger partial charge in [-0.25, -0.2) is 0 Å². The lowest BCUT2D eigenvalue weighted by molar-refractivity contribution is 0.841. The highest BCUT2D eigenvalue weighted by atomic mass is 31.2. The van der Waals surface area contributed by atoms with Crippen molar-refractivity contribution in [1.29, 1.82) is 0 Å². The Balaban J connectivity index is 3.00. The molecular formula is C19H34P+. The molecule has 0 nitrogen and oxygen atoms in total. The van der Waals surface area contributed by atoms with Gasteiger partial charge in [-0.2, -0.15) is 0 Å². The van der Waals surface area contributed by atoms with Crippen LogP contribution in [0.2, 0.25) is 0 Å². The van der Waals surface area contributed by atoms with E-state index >= 15 is 0 Å². The molecule has 0 bridgehead atoms. The van der Waals surface area contributed by atoms with Gasteiger partial charge >= 0.3 is 0 Å². The molecule has 0 aromatic heterocycles. The minimum absolute atomic E-state index is 0.918. The number of unbranched alkanes of at least 4 members (excludes halogenated alkanes) is 3. The summed E-state index contributed by atoms with van der Waals surface area (Å²) in [5.41, 5.74) is 1.40. The predicted molar refractivity (Wildman–Crippen MR) is 97.1 cm³/mol. The summed E-state index contributed by atoms with van der Waals surface area (Å²) in [6.07, 6.45) is 12.7. The number of benzene rings is 1. The van der Waals surface area contributed by atoms with Crippen LogP contribution >= 0.6 is 7.26 Å². The summed E-state index contributed by atoms with van der Waals surface area (Å²) in [5, 5.41) is 1.71. The van der Waals surface area contributed by atoms with E-state index in [0.29, 0.717) is 0 Å². The fraction of sp³-hybridized carbons (Fsp3) is 0.684. The highest BCUT2D eigenvalue weighted by Crippen LogP contribution is 2.59. The fourth-order valence-corrected chi connectivity index (χ4v) is 7.96. The maximum absolute atomic E-state index is 2.45. The first-order chi connectivity index (χ1) is 9.68. The van der Waals surface area contributed by atoms with Crippen molar-refractivity contribution in [2.75, 3.05) is 18.5 Å². The van der Waals surface area contributed by atoms with Gasteiger partial charge in [-0.05, 0) is 38.3 Å². The zero-order valence-corrected chi connectivity index (χ0v) is 15.0. The SMILES string of the molecule is CCCC[P+](CCCC)(CCCC)c1ccc(C)cc1. The molecule has 0 N–H and O–H groups in total. The molecule has 0 aliphatic rings. The van der Waals surface area contributed by atoms with Crippen molar-refractivity contribution < 1.29 is 0 Å². The number of rotatable bonds is 10. The van der Waals surface area contributed by atoms with Crippen LogP contribution in [0.5, 0.6) is 0 Å². The molecule has 20 heavy (non-hydrogen) atoms. The van der Waals surface area contributed by atoms with Gasteiger partial charge in [0, 0.05) is 7.26 Å². The van der Waals surface area contributed by atoms with Crippen LogP contribution in [0, 0.1) is 6.92 Å². The molecule has 1 aromatic rings. The van der Waals surface area contributed by atoms with Gasteiger partial charge in [-0.3, -0.25) is 0 Å². The number of aryl methyl sites for hydroxylation is 1. The van der Waals surface area contributed by atoms with E-state index in [0.717, 1.165) is 0 Å². The van der Waals surface area contributed by atoms with Crippen molar-refractivity contribution in [3.05, 3.63) is 29.8 Å². The maximum atomic E-state index is 2.45. The van der Waals surface area contributed by atoms with Gasteiger partial charge in [0.2, 0.25) is 0 Å². The van der Waals surface area contributed by atoms with Crippen LogP contribution < -0.4 is 5.30 Å². The monoisotopic (exact) mass is 293 g/mol. The molecule has 0 radical (unpaired) electrons. The third-order valence-electron chi connectivity index (χ3n) is 4.40. The van der Waals surface area contributed by atoms with E-state index < -0.39 is 7.26 Å². The summed E-state index contributed by atoms with van der Waals surface area (Å²) in [6, 6.07) is 9.55. The van der Waals surface area contributed by atoms with Crippen molar-refractivity contribution in [1.82, 2.24) is 0 Å². The van der Waals surface area contributed by atoms with E-state index in [4.69, 9.17) is 0 Å². The fourth-order valence-electron chi connectivity index (χ4n) is 2.97. The standard InChI is InChI=1S/C19H34P/c1-5-8-15-20(16-9-6-2,17-10-7-3)19-13-11-18(4)12-14-19/h11-14H,5-10,15-17H2,1-4H3/q+1. The molecule has 114 valence electrons. The second-order valence-electron chi connectivity index (χ2n) is 6.21. The number of hydrogen-bond acceptors (Lipinski definition) is 0. The Bertz CT molecular complexity index is 331. The van der Waals surface area contributed by atoms with Gasteiger partial charge < -0.3 is 0 Å². The van der Waals surface area contributed by atoms with E-state index in [9.17, 15) is 0 Å². The van der Waals surface area contributed by atoms with Crippen LogP contribution in [0.25, 0.3) is 0 Å². The maximum Gasteiger partial charge on any atom is 0.0939 e. The Morgan fingerprint density at radius 3 is 1.45 bits per heavy atom. The molecule has 0 saturated carbocycles. The molecule has 0 spiro atoms. The van der Waals surface area contributed by atoms with Crippen LogP contribution in [0.15, 0.2) is 24.3 Å². The van der Waals surface area contributed by atoms with Crippen molar-refractivity contribution >= 4 is 12.6 Å². The predicted octanol–water partition coefficient (Wildman–Crippen LogP) is 6.04. The van der Waals surface area contributed by atoms with Crippen molar-refractivity contribution in [3.63, 3.8) is 0 Å². The molecule has 0 fully saturated rings. The first-order valence-corrected chi connectivity index (χ1v) is 11.0. The zero-order valence-electron chi connectivity index (χ0n) is 14.1. The molecular weight excluding hydrogens is 259 g/mol. The minimum Gasteiger partial charge on any atom is -0.0652 e. The summed E-state index contributed by atoms with van der Waals surface area (Å²) in [7, 11) is -0.918. The summed E-state index contributed by atoms with van der Waals surface area (Å²) >= 11 is 0.